The Morgan fingerprint density at radius 1 is 0.484 bits per heavy atom. The molecule has 0 aliphatic rings. The first-order valence-electron chi connectivity index (χ1n) is 10.4. The van der Waals surface area contributed by atoms with Gasteiger partial charge in [-0.05, 0) is 99.0 Å². The fourth-order valence-corrected chi connectivity index (χ4v) is 5.10. The van der Waals surface area contributed by atoms with Gasteiger partial charge < -0.3 is 27.1 Å². The standard InChI is InChI=1S/C21H33BN6S3/c1-19(2,3)23-10-13-26(16(23)29)22(27-14-11-24(17(27)30)20(4,5)6)28-15-12-25(18(28)31)21(7,8)9/h10-15H,1-9H3. The molecule has 0 radical (unpaired) electrons. The maximum atomic E-state index is 5.91. The van der Waals surface area contributed by atoms with E-state index in [9.17, 15) is 0 Å². The molecule has 3 aromatic heterocycles. The van der Waals surface area contributed by atoms with Gasteiger partial charge in [0.25, 0.3) is 0 Å². The maximum absolute atomic E-state index is 5.91. The van der Waals surface area contributed by atoms with Gasteiger partial charge in [0, 0.05) is 53.8 Å². The lowest BCUT2D eigenvalue weighted by Crippen LogP contribution is -2.42. The number of imidazole rings is 3. The van der Waals surface area contributed by atoms with Crippen molar-refractivity contribution in [3.05, 3.63) is 51.5 Å². The first-order chi connectivity index (χ1) is 14.0. The van der Waals surface area contributed by atoms with Crippen LogP contribution in [0.3, 0.4) is 0 Å². The summed E-state index contributed by atoms with van der Waals surface area (Å²) < 4.78 is 14.6. The van der Waals surface area contributed by atoms with E-state index in [-0.39, 0.29) is 23.7 Å². The molecule has 6 nitrogen and oxygen atoms in total. The molecule has 0 saturated carbocycles. The first-order valence-corrected chi connectivity index (χ1v) is 11.7. The molecule has 0 spiro atoms. The van der Waals surface area contributed by atoms with Crippen LogP contribution in [0.1, 0.15) is 62.3 Å². The highest BCUT2D eigenvalue weighted by Gasteiger charge is 2.31. The third-order valence-corrected chi connectivity index (χ3v) is 6.55. The minimum atomic E-state index is -0.344. The van der Waals surface area contributed by atoms with E-state index in [1.54, 1.807) is 0 Å². The number of hydrogen-bond donors (Lipinski definition) is 0. The largest absolute Gasteiger partial charge is 0.523 e. The molecule has 3 rings (SSSR count). The van der Waals surface area contributed by atoms with E-state index in [2.05, 4.69) is 89.4 Å². The van der Waals surface area contributed by atoms with Crippen LogP contribution in [0.25, 0.3) is 0 Å². The van der Waals surface area contributed by atoms with E-state index in [1.807, 2.05) is 37.2 Å². The molecule has 0 aliphatic carbocycles. The van der Waals surface area contributed by atoms with Gasteiger partial charge in [-0.3, -0.25) is 0 Å². The van der Waals surface area contributed by atoms with E-state index < -0.39 is 0 Å². The number of rotatable bonds is 3. The topological polar surface area (TPSA) is 29.6 Å². The molecule has 0 bridgehead atoms. The third-order valence-electron chi connectivity index (χ3n) is 5.32. The zero-order chi connectivity index (χ0) is 23.5. The smallest absolute Gasteiger partial charge is 0.327 e. The van der Waals surface area contributed by atoms with Gasteiger partial charge in [0.1, 0.15) is 0 Å². The van der Waals surface area contributed by atoms with Crippen molar-refractivity contribution in [1.29, 1.82) is 0 Å². The van der Waals surface area contributed by atoms with Crippen molar-refractivity contribution in [2.24, 2.45) is 0 Å². The highest BCUT2D eigenvalue weighted by atomic mass is 32.1. The number of aromatic nitrogens is 6. The molecule has 0 atom stereocenters. The maximum Gasteiger partial charge on any atom is 0.523 e. The molecular formula is C21H33BN6S3. The average molecular weight is 477 g/mol. The molecule has 3 aromatic rings. The van der Waals surface area contributed by atoms with Crippen LogP contribution in [0.5, 0.6) is 0 Å². The highest BCUT2D eigenvalue weighted by molar-refractivity contribution is 7.71. The van der Waals surface area contributed by atoms with Crippen molar-refractivity contribution < 1.29 is 0 Å². The zero-order valence-corrected chi connectivity index (χ0v) is 22.4. The second-order valence-electron chi connectivity index (χ2n) is 10.9. The second kappa shape index (κ2) is 7.74. The van der Waals surface area contributed by atoms with Crippen LogP contribution in [0.15, 0.2) is 37.2 Å². The van der Waals surface area contributed by atoms with Crippen LogP contribution in [-0.4, -0.2) is 34.3 Å². The molecule has 0 aliphatic heterocycles. The van der Waals surface area contributed by atoms with E-state index >= 15 is 0 Å². The van der Waals surface area contributed by atoms with Gasteiger partial charge >= 0.3 is 7.12 Å². The van der Waals surface area contributed by atoms with Crippen LogP contribution in [0.4, 0.5) is 0 Å². The van der Waals surface area contributed by atoms with Crippen molar-refractivity contribution in [2.45, 2.75) is 78.9 Å². The summed E-state index contributed by atoms with van der Waals surface area (Å²) in [5.41, 5.74) is -0.403. The summed E-state index contributed by atoms with van der Waals surface area (Å²) in [5.74, 6) is 0. The average Bonchev–Trinajstić information content (AvgIpc) is 3.26. The van der Waals surface area contributed by atoms with E-state index in [1.165, 1.54) is 0 Å². The monoisotopic (exact) mass is 476 g/mol. The van der Waals surface area contributed by atoms with Crippen molar-refractivity contribution in [1.82, 2.24) is 27.1 Å². The Balaban J connectivity index is 2.33. The van der Waals surface area contributed by atoms with Crippen LogP contribution in [0, 0.1) is 14.3 Å². The van der Waals surface area contributed by atoms with E-state index in [0.29, 0.717) is 14.3 Å². The van der Waals surface area contributed by atoms with Gasteiger partial charge in [-0.15, -0.1) is 0 Å². The molecule has 0 unspecified atom stereocenters. The highest BCUT2D eigenvalue weighted by Crippen LogP contribution is 2.21. The zero-order valence-electron chi connectivity index (χ0n) is 19.9. The van der Waals surface area contributed by atoms with Crippen LogP contribution < -0.4 is 0 Å². The predicted octanol–water partition coefficient (Wildman–Crippen LogP) is 5.88. The van der Waals surface area contributed by atoms with Gasteiger partial charge in [0.05, 0.1) is 0 Å². The Bertz CT molecular complexity index is 1100. The fraction of sp³-hybridized carbons (Fsp3) is 0.571. The Morgan fingerprint density at radius 3 is 0.871 bits per heavy atom. The Morgan fingerprint density at radius 2 is 0.710 bits per heavy atom. The van der Waals surface area contributed by atoms with E-state index in [4.69, 9.17) is 36.7 Å². The van der Waals surface area contributed by atoms with Crippen molar-refractivity contribution >= 4 is 43.8 Å². The third kappa shape index (κ3) is 4.34. The summed E-state index contributed by atoms with van der Waals surface area (Å²) in [6.45, 7) is 19.3. The molecule has 31 heavy (non-hydrogen) atoms. The van der Waals surface area contributed by atoms with Gasteiger partial charge in [0.15, 0.2) is 14.3 Å². The van der Waals surface area contributed by atoms with Crippen molar-refractivity contribution in [3.8, 4) is 0 Å². The molecule has 168 valence electrons. The van der Waals surface area contributed by atoms with Gasteiger partial charge in [-0.1, -0.05) is 0 Å². The molecule has 3 heterocycles. The normalized spacial score (nSPS) is 13.1. The summed E-state index contributed by atoms with van der Waals surface area (Å²) in [6, 6.07) is 0. The molecule has 0 aromatic carbocycles. The quantitative estimate of drug-likeness (QED) is 0.349. The molecule has 0 amide bonds. The minimum Gasteiger partial charge on any atom is -0.327 e. The summed E-state index contributed by atoms with van der Waals surface area (Å²) >= 11 is 17.7. The number of nitrogens with zero attached hydrogens (tertiary/aromatic N) is 6. The Hall–Kier alpha value is -1.65. The van der Waals surface area contributed by atoms with Crippen molar-refractivity contribution in [2.75, 3.05) is 0 Å². The molecule has 10 heteroatoms. The first kappa shape index (κ1) is 24.0. The fourth-order valence-electron chi connectivity index (χ4n) is 3.63. The minimum absolute atomic E-state index is 0.134. The van der Waals surface area contributed by atoms with Gasteiger partial charge in [-0.2, -0.15) is 0 Å². The van der Waals surface area contributed by atoms with Crippen LogP contribution >= 0.6 is 36.7 Å². The lowest BCUT2D eigenvalue weighted by molar-refractivity contribution is 0.388. The molecule has 0 saturated heterocycles. The summed E-state index contributed by atoms with van der Waals surface area (Å²) in [5, 5.41) is 0. The Labute approximate surface area is 200 Å². The lowest BCUT2D eigenvalue weighted by Gasteiger charge is -2.24. The summed E-state index contributed by atoms with van der Waals surface area (Å²) in [4.78, 5) is 0. The number of hydrogen-bond acceptors (Lipinski definition) is 3. The lowest BCUT2D eigenvalue weighted by atomic mass is 9.92. The van der Waals surface area contributed by atoms with Crippen molar-refractivity contribution in [3.63, 3.8) is 0 Å². The SMILES string of the molecule is CC(C)(C)n1ccn(B(n2ccn(C(C)(C)C)c2=S)n2ccn(C(C)(C)C)c2=S)c1=S. The van der Waals surface area contributed by atoms with Crippen LogP contribution in [0.2, 0.25) is 0 Å². The summed E-state index contributed by atoms with van der Waals surface area (Å²) in [7, 11) is -0.344. The second-order valence-corrected chi connectivity index (χ2v) is 12.0. The molecule has 0 fully saturated rings. The van der Waals surface area contributed by atoms with Gasteiger partial charge in [-0.25, -0.2) is 0 Å². The Kier molecular flexibility index (Phi) is 5.99. The molecule has 0 N–H and O–H groups in total. The van der Waals surface area contributed by atoms with Crippen LogP contribution in [-0.2, 0) is 16.6 Å². The summed E-state index contributed by atoms with van der Waals surface area (Å²) in [6.07, 6.45) is 12.2. The van der Waals surface area contributed by atoms with E-state index in [0.717, 1.165) is 0 Å². The predicted molar refractivity (Wildman–Crippen MR) is 137 cm³/mol. The molecular weight excluding hydrogens is 443 g/mol. The van der Waals surface area contributed by atoms with Gasteiger partial charge in [0.2, 0.25) is 0 Å².